The minimum absolute atomic E-state index is 0.0105. The predicted octanol–water partition coefficient (Wildman–Crippen LogP) is 2.47. The van der Waals surface area contributed by atoms with Crippen molar-refractivity contribution in [2.24, 2.45) is 5.41 Å². The van der Waals surface area contributed by atoms with Crippen LogP contribution in [0.4, 0.5) is 0 Å². The lowest BCUT2D eigenvalue weighted by Crippen LogP contribution is -2.71. The van der Waals surface area contributed by atoms with Crippen LogP contribution in [0.2, 0.25) is 0 Å². The summed E-state index contributed by atoms with van der Waals surface area (Å²) in [4.78, 5) is 27.3. The Morgan fingerprint density at radius 3 is 2.30 bits per heavy atom. The Morgan fingerprint density at radius 2 is 1.80 bits per heavy atom. The van der Waals surface area contributed by atoms with Crippen LogP contribution in [0.25, 0.3) is 0 Å². The molecule has 4 heteroatoms. The van der Waals surface area contributed by atoms with Gasteiger partial charge in [0.25, 0.3) is 0 Å². The molecule has 0 aromatic carbocycles. The SMILES string of the molecule is CCC1C(=O)NC2(CCCCC2)C(=O)N1CC(C)(C)C. The van der Waals surface area contributed by atoms with Gasteiger partial charge in [-0.1, -0.05) is 47.0 Å². The van der Waals surface area contributed by atoms with E-state index in [1.54, 1.807) is 0 Å². The van der Waals surface area contributed by atoms with Crippen LogP contribution in [0.3, 0.4) is 0 Å². The van der Waals surface area contributed by atoms with Crippen LogP contribution in [0, 0.1) is 5.41 Å². The van der Waals surface area contributed by atoms with E-state index in [1.165, 1.54) is 6.42 Å². The molecule has 2 aliphatic rings. The minimum atomic E-state index is -0.605. The van der Waals surface area contributed by atoms with Crippen LogP contribution in [-0.2, 0) is 9.59 Å². The quantitative estimate of drug-likeness (QED) is 0.844. The summed E-state index contributed by atoms with van der Waals surface area (Å²) < 4.78 is 0. The highest BCUT2D eigenvalue weighted by Gasteiger charge is 2.50. The Bertz CT molecular complexity index is 392. The second kappa shape index (κ2) is 5.38. The first-order valence-electron chi connectivity index (χ1n) is 7.92. The zero-order valence-electron chi connectivity index (χ0n) is 13.3. The van der Waals surface area contributed by atoms with Crippen LogP contribution < -0.4 is 5.32 Å². The summed E-state index contributed by atoms with van der Waals surface area (Å²) in [7, 11) is 0. The van der Waals surface area contributed by atoms with Gasteiger partial charge in [-0.3, -0.25) is 9.59 Å². The molecule has 1 heterocycles. The largest absolute Gasteiger partial charge is 0.340 e. The van der Waals surface area contributed by atoms with Gasteiger partial charge in [-0.15, -0.1) is 0 Å². The van der Waals surface area contributed by atoms with Crippen LogP contribution in [-0.4, -0.2) is 34.8 Å². The van der Waals surface area contributed by atoms with Gasteiger partial charge in [0.05, 0.1) is 0 Å². The maximum absolute atomic E-state index is 13.0. The number of amides is 2. The molecule has 114 valence electrons. The van der Waals surface area contributed by atoms with Crippen molar-refractivity contribution in [2.75, 3.05) is 6.54 Å². The smallest absolute Gasteiger partial charge is 0.249 e. The molecule has 20 heavy (non-hydrogen) atoms. The molecule has 1 saturated heterocycles. The Hall–Kier alpha value is -1.06. The number of hydrogen-bond acceptors (Lipinski definition) is 2. The molecule has 1 aliphatic heterocycles. The molecule has 1 aliphatic carbocycles. The van der Waals surface area contributed by atoms with E-state index in [-0.39, 0.29) is 23.3 Å². The van der Waals surface area contributed by atoms with Crippen molar-refractivity contribution in [3.63, 3.8) is 0 Å². The Labute approximate surface area is 122 Å². The summed E-state index contributed by atoms with van der Waals surface area (Å²) in [5.41, 5.74) is -0.594. The molecule has 1 spiro atoms. The fourth-order valence-corrected chi connectivity index (χ4v) is 3.52. The van der Waals surface area contributed by atoms with Gasteiger partial charge in [-0.25, -0.2) is 0 Å². The molecule has 1 N–H and O–H groups in total. The van der Waals surface area contributed by atoms with Crippen molar-refractivity contribution >= 4 is 11.8 Å². The van der Waals surface area contributed by atoms with E-state index < -0.39 is 5.54 Å². The first-order chi connectivity index (χ1) is 9.29. The molecular weight excluding hydrogens is 252 g/mol. The second-order valence-electron chi connectivity index (χ2n) is 7.55. The Balaban J connectivity index is 2.29. The molecule has 0 aromatic rings. The molecule has 2 fully saturated rings. The molecule has 2 amide bonds. The zero-order valence-corrected chi connectivity index (χ0v) is 13.3. The Kier molecular flexibility index (Phi) is 4.12. The van der Waals surface area contributed by atoms with Gasteiger partial charge >= 0.3 is 0 Å². The highest BCUT2D eigenvalue weighted by molar-refractivity contribution is 5.99. The molecule has 1 saturated carbocycles. The van der Waals surface area contributed by atoms with E-state index in [9.17, 15) is 9.59 Å². The highest BCUT2D eigenvalue weighted by Crippen LogP contribution is 2.35. The normalized spacial score (nSPS) is 26.8. The summed E-state index contributed by atoms with van der Waals surface area (Å²) >= 11 is 0. The van der Waals surface area contributed by atoms with E-state index in [0.717, 1.165) is 25.7 Å². The van der Waals surface area contributed by atoms with E-state index in [1.807, 2.05) is 11.8 Å². The number of rotatable bonds is 2. The number of carbonyl (C=O) groups excluding carboxylic acids is 2. The molecule has 0 bridgehead atoms. The first-order valence-corrected chi connectivity index (χ1v) is 7.92. The summed E-state index contributed by atoms with van der Waals surface area (Å²) in [6, 6.07) is -0.297. The number of hydrogen-bond donors (Lipinski definition) is 1. The van der Waals surface area contributed by atoms with E-state index >= 15 is 0 Å². The molecule has 0 radical (unpaired) electrons. The topological polar surface area (TPSA) is 49.4 Å². The molecule has 1 unspecified atom stereocenters. The van der Waals surface area contributed by atoms with Gasteiger partial charge in [0.15, 0.2) is 0 Å². The van der Waals surface area contributed by atoms with Gasteiger partial charge in [0.2, 0.25) is 11.8 Å². The van der Waals surface area contributed by atoms with Gasteiger partial charge < -0.3 is 10.2 Å². The van der Waals surface area contributed by atoms with E-state index in [2.05, 4.69) is 26.1 Å². The fourth-order valence-electron chi connectivity index (χ4n) is 3.52. The van der Waals surface area contributed by atoms with Crippen LogP contribution in [0.5, 0.6) is 0 Å². The molecule has 4 nitrogen and oxygen atoms in total. The van der Waals surface area contributed by atoms with Crippen LogP contribution in [0.15, 0.2) is 0 Å². The van der Waals surface area contributed by atoms with Crippen molar-refractivity contribution in [1.29, 1.82) is 0 Å². The predicted molar refractivity (Wildman–Crippen MR) is 79.2 cm³/mol. The third-order valence-electron chi connectivity index (χ3n) is 4.45. The fraction of sp³-hybridized carbons (Fsp3) is 0.875. The first kappa shape index (κ1) is 15.3. The summed E-state index contributed by atoms with van der Waals surface area (Å²) in [6.07, 6.45) is 5.52. The standard InChI is InChI=1S/C16H28N2O2/c1-5-12-13(19)17-16(9-7-6-8-10-16)14(20)18(12)11-15(2,3)4/h12H,5-11H2,1-4H3,(H,17,19). The van der Waals surface area contributed by atoms with Crippen LogP contribution in [0.1, 0.15) is 66.2 Å². The van der Waals surface area contributed by atoms with Crippen molar-refractivity contribution in [3.8, 4) is 0 Å². The van der Waals surface area contributed by atoms with Crippen molar-refractivity contribution < 1.29 is 9.59 Å². The Morgan fingerprint density at radius 1 is 1.20 bits per heavy atom. The molecule has 0 aromatic heterocycles. The maximum atomic E-state index is 13.0. The van der Waals surface area contributed by atoms with Crippen LogP contribution >= 0.6 is 0 Å². The van der Waals surface area contributed by atoms with Gasteiger partial charge in [-0.05, 0) is 24.7 Å². The second-order valence-corrected chi connectivity index (χ2v) is 7.55. The average Bonchev–Trinajstić information content (AvgIpc) is 2.36. The number of piperazine rings is 1. The molecule has 1 atom stereocenters. The number of carbonyl (C=O) groups is 2. The lowest BCUT2D eigenvalue weighted by Gasteiger charge is -2.49. The monoisotopic (exact) mass is 280 g/mol. The summed E-state index contributed by atoms with van der Waals surface area (Å²) in [6.45, 7) is 8.98. The third kappa shape index (κ3) is 2.84. The van der Waals surface area contributed by atoms with E-state index in [4.69, 9.17) is 0 Å². The highest BCUT2D eigenvalue weighted by atomic mass is 16.2. The molecule has 2 rings (SSSR count). The third-order valence-corrected chi connectivity index (χ3v) is 4.45. The zero-order chi connectivity index (χ0) is 15.0. The van der Waals surface area contributed by atoms with Gasteiger partial charge in [0.1, 0.15) is 11.6 Å². The summed E-state index contributed by atoms with van der Waals surface area (Å²) in [5, 5.41) is 3.07. The lowest BCUT2D eigenvalue weighted by atomic mass is 9.77. The van der Waals surface area contributed by atoms with Crippen molar-refractivity contribution in [1.82, 2.24) is 10.2 Å². The summed E-state index contributed by atoms with van der Waals surface area (Å²) in [5.74, 6) is 0.192. The minimum Gasteiger partial charge on any atom is -0.340 e. The number of nitrogens with zero attached hydrogens (tertiary/aromatic N) is 1. The van der Waals surface area contributed by atoms with Crippen molar-refractivity contribution in [2.45, 2.75) is 77.8 Å². The van der Waals surface area contributed by atoms with E-state index in [0.29, 0.717) is 13.0 Å². The van der Waals surface area contributed by atoms with Gasteiger partial charge in [0, 0.05) is 6.54 Å². The molecular formula is C16H28N2O2. The average molecular weight is 280 g/mol. The van der Waals surface area contributed by atoms with Gasteiger partial charge in [-0.2, -0.15) is 0 Å². The lowest BCUT2D eigenvalue weighted by molar-refractivity contribution is -0.158. The maximum Gasteiger partial charge on any atom is 0.249 e. The van der Waals surface area contributed by atoms with Crippen molar-refractivity contribution in [3.05, 3.63) is 0 Å². The number of nitrogens with one attached hydrogen (secondary N) is 1.